The number of nitro groups is 1. The number of carbonyl (C=O) groups excluding carboxylic acids is 1. The number of nitrogens with one attached hydrogen (secondary N) is 1. The number of amides is 1. The van der Waals surface area contributed by atoms with E-state index < -0.39 is 39.9 Å². The molecule has 0 radical (unpaired) electrons. The number of benzene rings is 1. The van der Waals surface area contributed by atoms with Gasteiger partial charge in [0.25, 0.3) is 11.6 Å². The van der Waals surface area contributed by atoms with Crippen LogP contribution in [0.25, 0.3) is 0 Å². The van der Waals surface area contributed by atoms with Gasteiger partial charge in [-0.25, -0.2) is 9.18 Å². The zero-order valence-corrected chi connectivity index (χ0v) is 11.3. The van der Waals surface area contributed by atoms with E-state index in [1.54, 1.807) is 0 Å². The number of nitro benzene ring substituents is 1. The van der Waals surface area contributed by atoms with Crippen molar-refractivity contribution in [3.05, 3.63) is 39.7 Å². The van der Waals surface area contributed by atoms with E-state index in [0.717, 1.165) is 24.6 Å². The van der Waals surface area contributed by atoms with Crippen LogP contribution in [0.3, 0.4) is 0 Å². The lowest BCUT2D eigenvalue weighted by atomic mass is 10.1. The third-order valence-electron chi connectivity index (χ3n) is 2.86. The third kappa shape index (κ3) is 4.51. The monoisotopic (exact) mass is 298 g/mol. The second kappa shape index (κ2) is 7.32. The molecule has 0 saturated heterocycles. The first kappa shape index (κ1) is 16.5. The molecular formula is C13H15FN2O5. The van der Waals surface area contributed by atoms with E-state index in [2.05, 4.69) is 5.32 Å². The van der Waals surface area contributed by atoms with E-state index in [9.17, 15) is 24.1 Å². The zero-order chi connectivity index (χ0) is 16.0. The van der Waals surface area contributed by atoms with Gasteiger partial charge in [-0.05, 0) is 12.5 Å². The third-order valence-corrected chi connectivity index (χ3v) is 2.86. The molecule has 1 amide bonds. The number of hydrogen-bond donors (Lipinski definition) is 2. The van der Waals surface area contributed by atoms with Gasteiger partial charge in [0.2, 0.25) is 0 Å². The summed E-state index contributed by atoms with van der Waals surface area (Å²) in [5.74, 6) is -3.17. The minimum absolute atomic E-state index is 0.202. The van der Waals surface area contributed by atoms with Gasteiger partial charge in [-0.1, -0.05) is 19.8 Å². The van der Waals surface area contributed by atoms with Crippen LogP contribution < -0.4 is 5.32 Å². The number of rotatable bonds is 7. The molecule has 8 heteroatoms. The molecule has 1 atom stereocenters. The molecule has 21 heavy (non-hydrogen) atoms. The standard InChI is InChI=1S/C13H15FN2O5/c1-2-3-4-11(13(18)19)15-12(17)9-7-8(16(20)21)5-6-10(9)14/h5-7,11H,2-4H2,1H3,(H,15,17)(H,18,19)/t11-/m0/s1. The van der Waals surface area contributed by atoms with E-state index in [0.29, 0.717) is 6.42 Å². The van der Waals surface area contributed by atoms with Crippen molar-refractivity contribution in [1.29, 1.82) is 0 Å². The lowest BCUT2D eigenvalue weighted by Crippen LogP contribution is -2.41. The summed E-state index contributed by atoms with van der Waals surface area (Å²) in [6, 6.07) is 1.35. The highest BCUT2D eigenvalue weighted by molar-refractivity contribution is 5.97. The number of aliphatic carboxylic acids is 1. The lowest BCUT2D eigenvalue weighted by molar-refractivity contribution is -0.384. The summed E-state index contributed by atoms with van der Waals surface area (Å²) in [5, 5.41) is 21.8. The molecule has 1 aromatic carbocycles. The molecule has 0 saturated carbocycles. The summed E-state index contributed by atoms with van der Waals surface area (Å²) in [4.78, 5) is 32.8. The summed E-state index contributed by atoms with van der Waals surface area (Å²) in [7, 11) is 0. The fraction of sp³-hybridized carbons (Fsp3) is 0.385. The number of carboxylic acid groups (broad SMARTS) is 1. The van der Waals surface area contributed by atoms with E-state index in [-0.39, 0.29) is 6.42 Å². The number of unbranched alkanes of at least 4 members (excludes halogenated alkanes) is 1. The number of nitrogens with zero attached hydrogens (tertiary/aromatic N) is 1. The Morgan fingerprint density at radius 3 is 2.67 bits per heavy atom. The van der Waals surface area contributed by atoms with Gasteiger partial charge in [-0.2, -0.15) is 0 Å². The van der Waals surface area contributed by atoms with E-state index in [1.807, 2.05) is 6.92 Å². The molecule has 1 rings (SSSR count). The van der Waals surface area contributed by atoms with Crippen LogP contribution in [0.5, 0.6) is 0 Å². The lowest BCUT2D eigenvalue weighted by Gasteiger charge is -2.14. The summed E-state index contributed by atoms with van der Waals surface area (Å²) >= 11 is 0. The summed E-state index contributed by atoms with van der Waals surface area (Å²) in [6.45, 7) is 1.86. The Balaban J connectivity index is 2.94. The fourth-order valence-electron chi connectivity index (χ4n) is 1.70. The van der Waals surface area contributed by atoms with Crippen LogP contribution in [0.1, 0.15) is 36.5 Å². The minimum atomic E-state index is -1.23. The van der Waals surface area contributed by atoms with Gasteiger partial charge in [0.1, 0.15) is 11.9 Å². The van der Waals surface area contributed by atoms with Crippen molar-refractivity contribution in [3.63, 3.8) is 0 Å². The van der Waals surface area contributed by atoms with E-state index in [1.165, 1.54) is 0 Å². The van der Waals surface area contributed by atoms with Gasteiger partial charge >= 0.3 is 5.97 Å². The fourth-order valence-corrected chi connectivity index (χ4v) is 1.70. The van der Waals surface area contributed by atoms with E-state index in [4.69, 9.17) is 5.11 Å². The Morgan fingerprint density at radius 1 is 1.48 bits per heavy atom. The number of hydrogen-bond acceptors (Lipinski definition) is 4. The van der Waals surface area contributed by atoms with E-state index >= 15 is 0 Å². The molecule has 114 valence electrons. The van der Waals surface area contributed by atoms with Crippen molar-refractivity contribution >= 4 is 17.6 Å². The molecule has 0 bridgehead atoms. The second-order valence-corrected chi connectivity index (χ2v) is 4.43. The molecule has 0 spiro atoms. The normalized spacial score (nSPS) is 11.7. The summed E-state index contributed by atoms with van der Waals surface area (Å²) < 4.78 is 13.6. The maximum absolute atomic E-state index is 13.6. The first-order valence-corrected chi connectivity index (χ1v) is 6.34. The average Bonchev–Trinajstić information content (AvgIpc) is 2.42. The van der Waals surface area contributed by atoms with Crippen LogP contribution in [-0.4, -0.2) is 27.9 Å². The molecule has 0 aromatic heterocycles. The first-order chi connectivity index (χ1) is 9.86. The highest BCUT2D eigenvalue weighted by Crippen LogP contribution is 2.17. The number of carboxylic acids is 1. The molecule has 2 N–H and O–H groups in total. The van der Waals surface area contributed by atoms with Crippen molar-refractivity contribution in [2.45, 2.75) is 32.2 Å². The van der Waals surface area contributed by atoms with Crippen molar-refractivity contribution in [1.82, 2.24) is 5.32 Å². The Kier molecular flexibility index (Phi) is 5.77. The number of halogens is 1. The first-order valence-electron chi connectivity index (χ1n) is 6.34. The topological polar surface area (TPSA) is 110 Å². The van der Waals surface area contributed by atoms with Crippen LogP contribution in [-0.2, 0) is 4.79 Å². The number of carbonyl (C=O) groups is 2. The zero-order valence-electron chi connectivity index (χ0n) is 11.3. The van der Waals surface area contributed by atoms with Gasteiger partial charge in [-0.15, -0.1) is 0 Å². The van der Waals surface area contributed by atoms with Gasteiger partial charge in [0.15, 0.2) is 0 Å². The van der Waals surface area contributed by atoms with Gasteiger partial charge < -0.3 is 10.4 Å². The smallest absolute Gasteiger partial charge is 0.326 e. The average molecular weight is 298 g/mol. The highest BCUT2D eigenvalue weighted by atomic mass is 19.1. The molecule has 0 unspecified atom stereocenters. The van der Waals surface area contributed by atoms with Gasteiger partial charge in [0, 0.05) is 12.1 Å². The Morgan fingerprint density at radius 2 is 2.14 bits per heavy atom. The Bertz CT molecular complexity index is 561. The second-order valence-electron chi connectivity index (χ2n) is 4.43. The molecule has 0 fully saturated rings. The SMILES string of the molecule is CCCC[C@H](NC(=O)c1cc([N+](=O)[O-])ccc1F)C(=O)O. The quantitative estimate of drug-likeness (QED) is 0.591. The maximum atomic E-state index is 13.6. The Hall–Kier alpha value is -2.51. The highest BCUT2D eigenvalue weighted by Gasteiger charge is 2.23. The Labute approximate surface area is 119 Å². The van der Waals surface area contributed by atoms with Crippen molar-refractivity contribution in [3.8, 4) is 0 Å². The maximum Gasteiger partial charge on any atom is 0.326 e. The van der Waals surface area contributed by atoms with Crippen LogP contribution in [0.2, 0.25) is 0 Å². The van der Waals surface area contributed by atoms with Gasteiger partial charge in [0.05, 0.1) is 10.5 Å². The molecule has 0 aliphatic heterocycles. The molecule has 0 aliphatic rings. The van der Waals surface area contributed by atoms with Crippen LogP contribution >= 0.6 is 0 Å². The molecule has 0 aliphatic carbocycles. The van der Waals surface area contributed by atoms with Crippen LogP contribution in [0.15, 0.2) is 18.2 Å². The molecule has 1 aromatic rings. The summed E-state index contributed by atoms with van der Waals surface area (Å²) in [6.07, 6.45) is 1.52. The number of non-ortho nitro benzene ring substituents is 1. The van der Waals surface area contributed by atoms with Crippen LogP contribution in [0, 0.1) is 15.9 Å². The van der Waals surface area contributed by atoms with Crippen LogP contribution in [0.4, 0.5) is 10.1 Å². The minimum Gasteiger partial charge on any atom is -0.480 e. The predicted molar refractivity (Wildman–Crippen MR) is 71.5 cm³/mol. The van der Waals surface area contributed by atoms with Crippen molar-refractivity contribution in [2.75, 3.05) is 0 Å². The summed E-state index contributed by atoms with van der Waals surface area (Å²) in [5.41, 5.74) is -0.992. The van der Waals surface area contributed by atoms with Crippen molar-refractivity contribution < 1.29 is 24.0 Å². The van der Waals surface area contributed by atoms with Crippen molar-refractivity contribution in [2.24, 2.45) is 0 Å². The van der Waals surface area contributed by atoms with Gasteiger partial charge in [-0.3, -0.25) is 14.9 Å². The predicted octanol–water partition coefficient (Wildman–Crippen LogP) is 2.11. The molecular weight excluding hydrogens is 283 g/mol. The molecule has 0 heterocycles. The molecule has 7 nitrogen and oxygen atoms in total. The largest absolute Gasteiger partial charge is 0.480 e.